The molecule has 4 nitrogen and oxygen atoms in total. The van der Waals surface area contributed by atoms with E-state index < -0.39 is 0 Å². The molecular formula is C13H17BrN2O2. The molecule has 1 amide bonds. The summed E-state index contributed by atoms with van der Waals surface area (Å²) in [7, 11) is 0. The van der Waals surface area contributed by atoms with Crippen LogP contribution < -0.4 is 11.1 Å². The average Bonchev–Trinajstić information content (AvgIpc) is 2.32. The third-order valence-corrected chi connectivity index (χ3v) is 3.77. The van der Waals surface area contributed by atoms with Crippen LogP contribution in [0.25, 0.3) is 0 Å². The summed E-state index contributed by atoms with van der Waals surface area (Å²) < 4.78 is 6.20. The highest BCUT2D eigenvalue weighted by molar-refractivity contribution is 9.10. The fraction of sp³-hybridized carbons (Fsp3) is 0.462. The Bertz CT molecular complexity index is 451. The minimum Gasteiger partial charge on any atom is -0.398 e. The lowest BCUT2D eigenvalue weighted by Crippen LogP contribution is -2.41. The SMILES string of the molecule is CC1CC(NC(=O)c2ccc(N)c(Br)c2)CCO1. The Morgan fingerprint density at radius 1 is 1.56 bits per heavy atom. The number of anilines is 1. The van der Waals surface area contributed by atoms with Gasteiger partial charge < -0.3 is 15.8 Å². The lowest BCUT2D eigenvalue weighted by Gasteiger charge is -2.28. The summed E-state index contributed by atoms with van der Waals surface area (Å²) in [5.74, 6) is -0.0604. The van der Waals surface area contributed by atoms with Gasteiger partial charge in [-0.3, -0.25) is 4.79 Å². The summed E-state index contributed by atoms with van der Waals surface area (Å²) in [4.78, 5) is 12.1. The fourth-order valence-corrected chi connectivity index (χ4v) is 2.45. The van der Waals surface area contributed by atoms with Crippen LogP contribution in [0.5, 0.6) is 0 Å². The van der Waals surface area contributed by atoms with E-state index in [-0.39, 0.29) is 18.1 Å². The number of nitrogens with one attached hydrogen (secondary N) is 1. The van der Waals surface area contributed by atoms with Gasteiger partial charge in [0.05, 0.1) is 6.10 Å². The Kier molecular flexibility index (Phi) is 4.24. The second-order valence-electron chi connectivity index (χ2n) is 4.61. The summed E-state index contributed by atoms with van der Waals surface area (Å²) >= 11 is 3.32. The molecule has 0 bridgehead atoms. The highest BCUT2D eigenvalue weighted by Crippen LogP contribution is 2.21. The maximum Gasteiger partial charge on any atom is 0.251 e. The number of amides is 1. The zero-order valence-corrected chi connectivity index (χ0v) is 11.9. The third-order valence-electron chi connectivity index (χ3n) is 3.08. The molecule has 3 N–H and O–H groups in total. The highest BCUT2D eigenvalue weighted by atomic mass is 79.9. The summed E-state index contributed by atoms with van der Waals surface area (Å²) in [6.07, 6.45) is 1.94. The molecule has 1 aromatic carbocycles. The maximum absolute atomic E-state index is 12.1. The van der Waals surface area contributed by atoms with Gasteiger partial charge in [0, 0.05) is 28.4 Å². The number of halogens is 1. The fourth-order valence-electron chi connectivity index (χ4n) is 2.07. The van der Waals surface area contributed by atoms with E-state index >= 15 is 0 Å². The van der Waals surface area contributed by atoms with Gasteiger partial charge in [0.2, 0.25) is 0 Å². The van der Waals surface area contributed by atoms with E-state index in [1.54, 1.807) is 18.2 Å². The van der Waals surface area contributed by atoms with Crippen molar-refractivity contribution in [2.75, 3.05) is 12.3 Å². The van der Waals surface area contributed by atoms with E-state index in [1.165, 1.54) is 0 Å². The monoisotopic (exact) mass is 312 g/mol. The Labute approximate surface area is 115 Å². The van der Waals surface area contributed by atoms with Crippen molar-refractivity contribution in [1.29, 1.82) is 0 Å². The average molecular weight is 313 g/mol. The first-order valence-corrected chi connectivity index (χ1v) is 6.83. The summed E-state index contributed by atoms with van der Waals surface area (Å²) in [5.41, 5.74) is 6.95. The van der Waals surface area contributed by atoms with Crippen molar-refractivity contribution in [2.24, 2.45) is 0 Å². The molecule has 0 saturated carbocycles. The lowest BCUT2D eigenvalue weighted by atomic mass is 10.0. The molecular weight excluding hydrogens is 296 g/mol. The zero-order chi connectivity index (χ0) is 13.1. The van der Waals surface area contributed by atoms with Crippen molar-refractivity contribution in [3.05, 3.63) is 28.2 Å². The van der Waals surface area contributed by atoms with Crippen LogP contribution in [0.4, 0.5) is 5.69 Å². The van der Waals surface area contributed by atoms with Gasteiger partial charge in [0.25, 0.3) is 5.91 Å². The summed E-state index contributed by atoms with van der Waals surface area (Å²) in [5, 5.41) is 3.03. The van der Waals surface area contributed by atoms with Crippen LogP contribution in [-0.4, -0.2) is 24.7 Å². The number of nitrogen functional groups attached to an aromatic ring is 1. The van der Waals surface area contributed by atoms with E-state index in [9.17, 15) is 4.79 Å². The molecule has 1 heterocycles. The number of carbonyl (C=O) groups excluding carboxylic acids is 1. The molecule has 2 atom stereocenters. The molecule has 98 valence electrons. The topological polar surface area (TPSA) is 64.4 Å². The Morgan fingerprint density at radius 2 is 2.33 bits per heavy atom. The van der Waals surface area contributed by atoms with Gasteiger partial charge in [-0.1, -0.05) is 0 Å². The minimum absolute atomic E-state index is 0.0604. The van der Waals surface area contributed by atoms with E-state index in [0.29, 0.717) is 17.9 Å². The van der Waals surface area contributed by atoms with Gasteiger partial charge in [0.15, 0.2) is 0 Å². The van der Waals surface area contributed by atoms with Crippen LogP contribution in [0.1, 0.15) is 30.1 Å². The number of rotatable bonds is 2. The largest absolute Gasteiger partial charge is 0.398 e. The summed E-state index contributed by atoms with van der Waals surface area (Å²) in [6, 6.07) is 5.40. The van der Waals surface area contributed by atoms with Crippen LogP contribution in [0.3, 0.4) is 0 Å². The standard InChI is InChI=1S/C13H17BrN2O2/c1-8-6-10(4-5-18-8)16-13(17)9-2-3-12(15)11(14)7-9/h2-3,7-8,10H,4-6,15H2,1H3,(H,16,17). The third kappa shape index (κ3) is 3.23. The molecule has 0 aliphatic carbocycles. The molecule has 1 aliphatic heterocycles. The predicted octanol–water partition coefficient (Wildman–Crippen LogP) is 2.33. The number of carbonyl (C=O) groups is 1. The molecule has 0 aromatic heterocycles. The molecule has 1 aromatic rings. The highest BCUT2D eigenvalue weighted by Gasteiger charge is 2.21. The molecule has 1 fully saturated rings. The van der Waals surface area contributed by atoms with E-state index in [4.69, 9.17) is 10.5 Å². The Morgan fingerprint density at radius 3 is 3.00 bits per heavy atom. The Balaban J connectivity index is 2.00. The van der Waals surface area contributed by atoms with Crippen molar-refractivity contribution < 1.29 is 9.53 Å². The molecule has 18 heavy (non-hydrogen) atoms. The van der Waals surface area contributed by atoms with Crippen LogP contribution in [0.2, 0.25) is 0 Å². The smallest absolute Gasteiger partial charge is 0.251 e. The van der Waals surface area contributed by atoms with Gasteiger partial charge in [-0.25, -0.2) is 0 Å². The number of nitrogens with two attached hydrogens (primary N) is 1. The number of hydrogen-bond acceptors (Lipinski definition) is 3. The van der Waals surface area contributed by atoms with E-state index in [1.807, 2.05) is 6.92 Å². The van der Waals surface area contributed by atoms with E-state index in [2.05, 4.69) is 21.2 Å². The molecule has 2 unspecified atom stereocenters. The van der Waals surface area contributed by atoms with Crippen LogP contribution >= 0.6 is 15.9 Å². The molecule has 2 rings (SSSR count). The second-order valence-corrected chi connectivity index (χ2v) is 5.47. The first kappa shape index (κ1) is 13.4. The maximum atomic E-state index is 12.1. The summed E-state index contributed by atoms with van der Waals surface area (Å²) in [6.45, 7) is 2.73. The van der Waals surface area contributed by atoms with Crippen LogP contribution in [0, 0.1) is 0 Å². The van der Waals surface area contributed by atoms with Gasteiger partial charge in [0.1, 0.15) is 0 Å². The molecule has 0 radical (unpaired) electrons. The van der Waals surface area contributed by atoms with Gasteiger partial charge >= 0.3 is 0 Å². The number of ether oxygens (including phenoxy) is 1. The molecule has 1 saturated heterocycles. The van der Waals surface area contributed by atoms with Crippen molar-refractivity contribution in [1.82, 2.24) is 5.32 Å². The number of hydrogen-bond donors (Lipinski definition) is 2. The second kappa shape index (κ2) is 5.71. The van der Waals surface area contributed by atoms with Crippen molar-refractivity contribution in [2.45, 2.75) is 31.9 Å². The quantitative estimate of drug-likeness (QED) is 0.824. The molecule has 5 heteroatoms. The van der Waals surface area contributed by atoms with Crippen molar-refractivity contribution in [3.63, 3.8) is 0 Å². The van der Waals surface area contributed by atoms with E-state index in [0.717, 1.165) is 17.3 Å². The minimum atomic E-state index is -0.0604. The van der Waals surface area contributed by atoms with Gasteiger partial charge in [-0.15, -0.1) is 0 Å². The lowest BCUT2D eigenvalue weighted by molar-refractivity contribution is 0.0136. The van der Waals surface area contributed by atoms with Crippen molar-refractivity contribution in [3.8, 4) is 0 Å². The van der Waals surface area contributed by atoms with Crippen LogP contribution in [-0.2, 0) is 4.74 Å². The van der Waals surface area contributed by atoms with Gasteiger partial charge in [-0.05, 0) is 53.9 Å². The Hall–Kier alpha value is -1.07. The zero-order valence-electron chi connectivity index (χ0n) is 10.3. The normalized spacial score (nSPS) is 23.7. The molecule has 1 aliphatic rings. The first-order valence-electron chi connectivity index (χ1n) is 6.03. The van der Waals surface area contributed by atoms with Crippen LogP contribution in [0.15, 0.2) is 22.7 Å². The first-order chi connectivity index (χ1) is 8.56. The predicted molar refractivity (Wildman–Crippen MR) is 74.5 cm³/mol. The number of benzene rings is 1. The molecule has 0 spiro atoms. The van der Waals surface area contributed by atoms with Gasteiger partial charge in [-0.2, -0.15) is 0 Å². The van der Waals surface area contributed by atoms with Crippen molar-refractivity contribution >= 4 is 27.5 Å².